The van der Waals surface area contributed by atoms with Gasteiger partial charge in [-0.1, -0.05) is 72.5 Å². The highest BCUT2D eigenvalue weighted by molar-refractivity contribution is 8.27. The van der Waals surface area contributed by atoms with Gasteiger partial charge in [0.05, 0.1) is 16.3 Å². The number of carbonyl (C=O) groups is 1. The van der Waals surface area contributed by atoms with Crippen molar-refractivity contribution in [1.82, 2.24) is 4.57 Å². The molecule has 1 aliphatic rings. The fraction of sp³-hybridized carbons (Fsp3) is 0.0769. The van der Waals surface area contributed by atoms with Crippen molar-refractivity contribution in [3.05, 3.63) is 100 Å². The number of aromatic nitrogens is 1. The predicted octanol–water partition coefficient (Wildman–Crippen LogP) is 6.79. The molecule has 3 aromatic carbocycles. The Kier molecular flexibility index (Phi) is 5.19. The highest BCUT2D eigenvalue weighted by atomic mass is 32.2. The van der Waals surface area contributed by atoms with E-state index in [1.54, 1.807) is 18.2 Å². The molecular formula is C26H19FN2OS2. The zero-order chi connectivity index (χ0) is 22.4. The Morgan fingerprint density at radius 2 is 1.62 bits per heavy atom. The number of nitrogens with zero attached hydrogens (tertiary/aromatic N) is 2. The topological polar surface area (TPSA) is 25.2 Å². The second kappa shape index (κ2) is 8.04. The van der Waals surface area contributed by atoms with Gasteiger partial charge >= 0.3 is 0 Å². The van der Waals surface area contributed by atoms with Gasteiger partial charge in [0.15, 0.2) is 4.32 Å². The van der Waals surface area contributed by atoms with Gasteiger partial charge in [-0.25, -0.2) is 4.39 Å². The number of thioether (sulfide) groups is 1. The first kappa shape index (κ1) is 20.7. The van der Waals surface area contributed by atoms with Gasteiger partial charge in [0.25, 0.3) is 5.91 Å². The smallest absolute Gasteiger partial charge is 0.270 e. The van der Waals surface area contributed by atoms with Crippen molar-refractivity contribution in [2.75, 3.05) is 4.90 Å². The first-order chi connectivity index (χ1) is 15.5. The number of amides is 1. The minimum Gasteiger partial charge on any atom is -0.317 e. The van der Waals surface area contributed by atoms with Crippen molar-refractivity contribution in [2.24, 2.45) is 0 Å². The van der Waals surface area contributed by atoms with Crippen molar-refractivity contribution < 1.29 is 9.18 Å². The first-order valence-electron chi connectivity index (χ1n) is 10.2. The number of fused-ring (bicyclic) bond motifs is 1. The summed E-state index contributed by atoms with van der Waals surface area (Å²) in [5.74, 6) is -0.778. The molecule has 1 fully saturated rings. The van der Waals surface area contributed by atoms with Crippen molar-refractivity contribution in [1.29, 1.82) is 0 Å². The molecule has 4 aromatic rings. The lowest BCUT2D eigenvalue weighted by Crippen LogP contribution is -2.28. The van der Waals surface area contributed by atoms with Crippen LogP contribution in [0.25, 0.3) is 22.5 Å². The third kappa shape index (κ3) is 3.36. The van der Waals surface area contributed by atoms with Crippen molar-refractivity contribution in [3.8, 4) is 5.69 Å². The van der Waals surface area contributed by atoms with Crippen LogP contribution in [0.3, 0.4) is 0 Å². The molecule has 0 saturated carbocycles. The Balaban J connectivity index is 1.57. The Bertz CT molecular complexity index is 1430. The quantitative estimate of drug-likeness (QED) is 0.250. The molecule has 1 saturated heterocycles. The van der Waals surface area contributed by atoms with E-state index in [0.29, 0.717) is 9.23 Å². The van der Waals surface area contributed by atoms with E-state index in [-0.39, 0.29) is 11.6 Å². The fourth-order valence-corrected chi connectivity index (χ4v) is 5.43. The maximum Gasteiger partial charge on any atom is 0.270 e. The summed E-state index contributed by atoms with van der Waals surface area (Å²) in [4.78, 5) is 14.8. The Morgan fingerprint density at radius 1 is 0.938 bits per heavy atom. The van der Waals surface area contributed by atoms with Crippen LogP contribution in [-0.2, 0) is 4.79 Å². The lowest BCUT2D eigenvalue weighted by molar-refractivity contribution is -0.113. The molecule has 0 unspecified atom stereocenters. The van der Waals surface area contributed by atoms with E-state index < -0.39 is 5.82 Å². The number of benzene rings is 3. The van der Waals surface area contributed by atoms with Gasteiger partial charge in [-0.3, -0.25) is 9.69 Å². The number of hydrogen-bond donors (Lipinski definition) is 0. The Hall–Kier alpha value is -3.22. The van der Waals surface area contributed by atoms with E-state index in [1.165, 1.54) is 28.1 Å². The molecule has 0 radical (unpaired) electrons. The van der Waals surface area contributed by atoms with E-state index in [1.807, 2.05) is 25.1 Å². The molecule has 32 heavy (non-hydrogen) atoms. The largest absolute Gasteiger partial charge is 0.317 e. The highest BCUT2D eigenvalue weighted by Crippen LogP contribution is 2.38. The van der Waals surface area contributed by atoms with E-state index in [0.717, 1.165) is 28.0 Å². The highest BCUT2D eigenvalue weighted by Gasteiger charge is 2.35. The van der Waals surface area contributed by atoms with Crippen molar-refractivity contribution >= 4 is 56.7 Å². The molecular weight excluding hydrogens is 439 g/mol. The molecule has 0 aliphatic carbocycles. The van der Waals surface area contributed by atoms with Crippen molar-refractivity contribution in [2.45, 2.75) is 13.8 Å². The van der Waals surface area contributed by atoms with Crippen molar-refractivity contribution in [3.63, 3.8) is 0 Å². The fourth-order valence-electron chi connectivity index (χ4n) is 4.16. The number of anilines is 1. The van der Waals surface area contributed by atoms with Gasteiger partial charge in [0, 0.05) is 16.8 Å². The number of carbonyl (C=O) groups excluding carboxylic acids is 1. The molecule has 5 rings (SSSR count). The summed E-state index contributed by atoms with van der Waals surface area (Å²) in [6.07, 6.45) is 1.85. The van der Waals surface area contributed by atoms with Gasteiger partial charge in [0.1, 0.15) is 5.82 Å². The molecule has 1 aliphatic heterocycles. The maximum atomic E-state index is 14.3. The molecule has 3 nitrogen and oxygen atoms in total. The zero-order valence-corrected chi connectivity index (χ0v) is 19.1. The molecule has 158 valence electrons. The van der Waals surface area contributed by atoms with Gasteiger partial charge in [0.2, 0.25) is 0 Å². The van der Waals surface area contributed by atoms with Gasteiger partial charge < -0.3 is 4.57 Å². The summed E-state index contributed by atoms with van der Waals surface area (Å²) < 4.78 is 16.8. The van der Waals surface area contributed by atoms with Crippen LogP contribution in [0.2, 0.25) is 0 Å². The lowest BCUT2D eigenvalue weighted by atomic mass is 10.1. The predicted molar refractivity (Wildman–Crippen MR) is 135 cm³/mol. The van der Waals surface area contributed by atoms with Crippen LogP contribution in [0.5, 0.6) is 0 Å². The second-order valence-corrected chi connectivity index (χ2v) is 9.30. The standard InChI is InChI=1S/C26H19FN2OS2/c1-16-14-19(17(2)28(16)22-13-7-9-18-8-3-4-10-20(18)22)15-24-25(30)29(26(31)32-24)23-12-6-5-11-21(23)27/h3-15H,1-2H3/b24-15-. The summed E-state index contributed by atoms with van der Waals surface area (Å²) in [5, 5.41) is 2.33. The van der Waals surface area contributed by atoms with Crippen LogP contribution < -0.4 is 4.90 Å². The third-order valence-corrected chi connectivity index (χ3v) is 6.95. The van der Waals surface area contributed by atoms with Crippen LogP contribution in [0, 0.1) is 19.7 Å². The maximum absolute atomic E-state index is 14.3. The number of hydrogen-bond acceptors (Lipinski definition) is 3. The summed E-state index contributed by atoms with van der Waals surface area (Å²) in [6, 6.07) is 22.8. The van der Waals surface area contributed by atoms with E-state index in [2.05, 4.69) is 47.9 Å². The summed E-state index contributed by atoms with van der Waals surface area (Å²) in [5.41, 5.74) is 4.30. The van der Waals surface area contributed by atoms with Gasteiger partial charge in [-0.05, 0) is 55.1 Å². The number of para-hydroxylation sites is 1. The molecule has 0 N–H and O–H groups in total. The summed E-state index contributed by atoms with van der Waals surface area (Å²) in [6.45, 7) is 4.09. The number of aryl methyl sites for hydroxylation is 1. The van der Waals surface area contributed by atoms with E-state index in [9.17, 15) is 9.18 Å². The number of halogens is 1. The zero-order valence-electron chi connectivity index (χ0n) is 17.5. The first-order valence-corrected chi connectivity index (χ1v) is 11.4. The SMILES string of the molecule is Cc1cc(/C=C2\SC(=S)N(c3ccccc3F)C2=O)c(C)n1-c1cccc2ccccc12. The van der Waals surface area contributed by atoms with Gasteiger partial charge in [-0.15, -0.1) is 0 Å². The minimum atomic E-state index is -0.473. The van der Waals surface area contributed by atoms with Crippen LogP contribution in [0.15, 0.2) is 77.7 Å². The average Bonchev–Trinajstić information content (AvgIpc) is 3.22. The Labute approximate surface area is 195 Å². The number of rotatable bonds is 3. The third-order valence-electron chi connectivity index (χ3n) is 5.65. The summed E-state index contributed by atoms with van der Waals surface area (Å²) in [7, 11) is 0. The second-order valence-electron chi connectivity index (χ2n) is 7.63. The molecule has 2 heterocycles. The van der Waals surface area contributed by atoms with E-state index in [4.69, 9.17) is 12.2 Å². The normalized spacial score (nSPS) is 15.3. The van der Waals surface area contributed by atoms with Gasteiger partial charge in [-0.2, -0.15) is 0 Å². The van der Waals surface area contributed by atoms with Crippen LogP contribution in [0.4, 0.5) is 10.1 Å². The number of thiocarbonyl (C=S) groups is 1. The lowest BCUT2D eigenvalue weighted by Gasteiger charge is -2.14. The monoisotopic (exact) mass is 458 g/mol. The van der Waals surface area contributed by atoms with Crippen LogP contribution in [-0.4, -0.2) is 14.8 Å². The van der Waals surface area contributed by atoms with E-state index >= 15 is 0 Å². The molecule has 1 aromatic heterocycles. The Morgan fingerprint density at radius 3 is 2.44 bits per heavy atom. The molecule has 0 bridgehead atoms. The minimum absolute atomic E-state index is 0.180. The molecule has 0 spiro atoms. The molecule has 6 heteroatoms. The summed E-state index contributed by atoms with van der Waals surface area (Å²) >= 11 is 6.60. The van der Waals surface area contributed by atoms with Crippen LogP contribution in [0.1, 0.15) is 17.0 Å². The molecule has 0 atom stereocenters. The molecule has 1 amide bonds. The average molecular weight is 459 g/mol. The van der Waals surface area contributed by atoms with Crippen LogP contribution >= 0.6 is 24.0 Å².